The van der Waals surface area contributed by atoms with Gasteiger partial charge in [-0.15, -0.1) is 11.3 Å². The number of rotatable bonds is 8. The number of aryl methyl sites for hydroxylation is 2. The molecule has 0 unspecified atom stereocenters. The second-order valence-electron chi connectivity index (χ2n) is 5.39. The normalized spacial score (nSPS) is 12.2. The molecule has 0 radical (unpaired) electrons. The minimum Gasteiger partial charge on any atom is -0.303 e. The van der Waals surface area contributed by atoms with E-state index in [1.54, 1.807) is 6.07 Å². The summed E-state index contributed by atoms with van der Waals surface area (Å²) in [6, 6.07) is 3.62. The van der Waals surface area contributed by atoms with Crippen LogP contribution >= 0.6 is 11.3 Å². The summed E-state index contributed by atoms with van der Waals surface area (Å²) >= 11 is 1.44. The fraction of sp³-hybridized carbons (Fsp3) is 0.533. The van der Waals surface area contributed by atoms with Crippen LogP contribution in [0.3, 0.4) is 0 Å². The van der Waals surface area contributed by atoms with Gasteiger partial charge in [-0.3, -0.25) is 5.10 Å². The molecular formula is C15H24N4O2S2. The molecule has 2 aromatic rings. The molecule has 0 aliphatic heterocycles. The molecule has 0 amide bonds. The van der Waals surface area contributed by atoms with Gasteiger partial charge in [0.15, 0.2) is 0 Å². The van der Waals surface area contributed by atoms with Crippen LogP contribution in [0.2, 0.25) is 0 Å². The number of aromatic amines is 1. The van der Waals surface area contributed by atoms with Crippen molar-refractivity contribution < 1.29 is 8.42 Å². The molecule has 2 aromatic heterocycles. The van der Waals surface area contributed by atoms with Gasteiger partial charge in [0.2, 0.25) is 10.0 Å². The summed E-state index contributed by atoms with van der Waals surface area (Å²) in [6.07, 6.45) is 0. The van der Waals surface area contributed by atoms with Gasteiger partial charge < -0.3 is 4.90 Å². The van der Waals surface area contributed by atoms with Gasteiger partial charge in [-0.05, 0) is 39.1 Å². The quantitative estimate of drug-likeness (QED) is 0.761. The van der Waals surface area contributed by atoms with Crippen molar-refractivity contribution in [2.45, 2.75) is 32.6 Å². The summed E-state index contributed by atoms with van der Waals surface area (Å²) in [5, 5.41) is 7.07. The minimum absolute atomic E-state index is 0.345. The van der Waals surface area contributed by atoms with Gasteiger partial charge in [0.1, 0.15) is 5.69 Å². The van der Waals surface area contributed by atoms with Crippen LogP contribution in [0.1, 0.15) is 24.4 Å². The van der Waals surface area contributed by atoms with Crippen molar-refractivity contribution >= 4 is 21.4 Å². The van der Waals surface area contributed by atoms with Crippen LogP contribution in [0.15, 0.2) is 17.0 Å². The van der Waals surface area contributed by atoms with Crippen LogP contribution in [0, 0.1) is 13.8 Å². The smallest absolute Gasteiger partial charge is 0.241 e. The summed E-state index contributed by atoms with van der Waals surface area (Å²) in [5.41, 5.74) is 1.73. The molecule has 0 atom stereocenters. The van der Waals surface area contributed by atoms with Crippen LogP contribution in [0.4, 0.5) is 0 Å². The fourth-order valence-corrected chi connectivity index (χ4v) is 4.93. The Hall–Kier alpha value is -1.22. The number of H-pyrrole nitrogens is 1. The maximum absolute atomic E-state index is 12.5. The summed E-state index contributed by atoms with van der Waals surface area (Å²) in [6.45, 7) is 10.8. The lowest BCUT2D eigenvalue weighted by Gasteiger charge is -2.17. The monoisotopic (exact) mass is 356 g/mol. The third kappa shape index (κ3) is 4.41. The molecule has 2 heterocycles. The van der Waals surface area contributed by atoms with E-state index < -0.39 is 10.0 Å². The average Bonchev–Trinajstić information content (AvgIpc) is 3.10. The highest BCUT2D eigenvalue weighted by atomic mass is 32.2. The number of likely N-dealkylation sites (N-methyl/N-ethyl adjacent to an activating group) is 1. The van der Waals surface area contributed by atoms with Crippen molar-refractivity contribution in [2.24, 2.45) is 0 Å². The van der Waals surface area contributed by atoms with Crippen LogP contribution in [-0.2, 0) is 10.0 Å². The van der Waals surface area contributed by atoms with Gasteiger partial charge in [0.25, 0.3) is 0 Å². The van der Waals surface area contributed by atoms with Crippen molar-refractivity contribution in [3.05, 3.63) is 22.7 Å². The first-order valence-corrected chi connectivity index (χ1v) is 10.0. The zero-order valence-electron chi connectivity index (χ0n) is 14.0. The minimum atomic E-state index is -3.49. The summed E-state index contributed by atoms with van der Waals surface area (Å²) in [5.74, 6) is 0. The third-order valence-electron chi connectivity index (χ3n) is 3.73. The molecule has 0 aromatic carbocycles. The first-order valence-electron chi connectivity index (χ1n) is 7.72. The molecule has 0 saturated carbocycles. The molecule has 2 rings (SSSR count). The first kappa shape index (κ1) is 18.1. The van der Waals surface area contributed by atoms with Gasteiger partial charge in [-0.2, -0.15) is 5.10 Å². The zero-order valence-corrected chi connectivity index (χ0v) is 15.6. The van der Waals surface area contributed by atoms with Crippen LogP contribution in [0.5, 0.6) is 0 Å². The van der Waals surface area contributed by atoms with Crippen molar-refractivity contribution in [1.82, 2.24) is 19.8 Å². The highest BCUT2D eigenvalue weighted by Gasteiger charge is 2.21. The summed E-state index contributed by atoms with van der Waals surface area (Å²) in [4.78, 5) is 4.16. The maximum atomic E-state index is 12.5. The molecule has 0 bridgehead atoms. The average molecular weight is 357 g/mol. The Balaban J connectivity index is 2.12. The molecule has 0 aliphatic rings. The molecular weight excluding hydrogens is 332 g/mol. The predicted octanol–water partition coefficient (Wildman–Crippen LogP) is 2.38. The Morgan fingerprint density at radius 1 is 1.26 bits per heavy atom. The second-order valence-corrected chi connectivity index (χ2v) is 8.38. The lowest BCUT2D eigenvalue weighted by Crippen LogP contribution is -2.34. The first-order chi connectivity index (χ1) is 10.9. The van der Waals surface area contributed by atoms with E-state index in [1.165, 1.54) is 11.3 Å². The Labute approximate surface area is 142 Å². The van der Waals surface area contributed by atoms with E-state index in [0.29, 0.717) is 18.0 Å². The van der Waals surface area contributed by atoms with Crippen LogP contribution < -0.4 is 4.72 Å². The van der Waals surface area contributed by atoms with Crippen molar-refractivity contribution in [2.75, 3.05) is 26.2 Å². The van der Waals surface area contributed by atoms with E-state index in [1.807, 2.05) is 19.9 Å². The van der Waals surface area contributed by atoms with Gasteiger partial charge in [-0.1, -0.05) is 13.8 Å². The van der Waals surface area contributed by atoms with Crippen LogP contribution in [0.25, 0.3) is 10.6 Å². The van der Waals surface area contributed by atoms with Gasteiger partial charge in [0, 0.05) is 23.7 Å². The molecule has 23 heavy (non-hydrogen) atoms. The lowest BCUT2D eigenvalue weighted by atomic mass is 10.3. The van der Waals surface area contributed by atoms with E-state index in [-0.39, 0.29) is 0 Å². The predicted molar refractivity (Wildman–Crippen MR) is 94.4 cm³/mol. The summed E-state index contributed by atoms with van der Waals surface area (Å²) in [7, 11) is -3.49. The number of aromatic nitrogens is 2. The van der Waals surface area contributed by atoms with E-state index in [9.17, 15) is 8.42 Å². The van der Waals surface area contributed by atoms with Crippen molar-refractivity contribution in [3.8, 4) is 10.6 Å². The Bertz CT molecular complexity index is 745. The van der Waals surface area contributed by atoms with E-state index in [0.717, 1.165) is 34.2 Å². The number of sulfonamides is 1. The molecule has 6 nitrogen and oxygen atoms in total. The summed E-state index contributed by atoms with van der Waals surface area (Å²) < 4.78 is 27.7. The molecule has 0 fully saturated rings. The molecule has 128 valence electrons. The molecule has 2 N–H and O–H groups in total. The SMILES string of the molecule is CCN(CC)CCNS(=O)(=O)c1cc(-c2cc(C)[nH]n2)sc1C. The Kier molecular flexibility index (Phi) is 5.96. The zero-order chi connectivity index (χ0) is 17.0. The lowest BCUT2D eigenvalue weighted by molar-refractivity contribution is 0.309. The fourth-order valence-electron chi connectivity index (χ4n) is 2.36. The number of hydrogen-bond donors (Lipinski definition) is 2. The number of hydrogen-bond acceptors (Lipinski definition) is 5. The van der Waals surface area contributed by atoms with Crippen molar-refractivity contribution in [1.29, 1.82) is 0 Å². The maximum Gasteiger partial charge on any atom is 0.241 e. The van der Waals surface area contributed by atoms with Gasteiger partial charge in [0.05, 0.1) is 9.77 Å². The Morgan fingerprint density at radius 2 is 1.96 bits per heavy atom. The van der Waals surface area contributed by atoms with Crippen LogP contribution in [-0.4, -0.2) is 49.7 Å². The van der Waals surface area contributed by atoms with E-state index in [2.05, 4.69) is 33.7 Å². The topological polar surface area (TPSA) is 78.1 Å². The number of thiophene rings is 1. The van der Waals surface area contributed by atoms with Gasteiger partial charge >= 0.3 is 0 Å². The number of nitrogens with one attached hydrogen (secondary N) is 2. The molecule has 8 heteroatoms. The van der Waals surface area contributed by atoms with Crippen molar-refractivity contribution in [3.63, 3.8) is 0 Å². The molecule has 0 saturated heterocycles. The highest BCUT2D eigenvalue weighted by Crippen LogP contribution is 2.32. The third-order valence-corrected chi connectivity index (χ3v) is 6.52. The highest BCUT2D eigenvalue weighted by molar-refractivity contribution is 7.89. The molecule has 0 aliphatic carbocycles. The van der Waals surface area contributed by atoms with E-state index in [4.69, 9.17) is 0 Å². The standard InChI is InChI=1S/C15H24N4O2S2/c1-5-19(6-2)8-7-16-23(20,21)15-10-14(22-12(15)4)13-9-11(3)17-18-13/h9-10,16H,5-8H2,1-4H3,(H,17,18). The largest absolute Gasteiger partial charge is 0.303 e. The van der Waals surface area contributed by atoms with E-state index >= 15 is 0 Å². The second kappa shape index (κ2) is 7.57. The number of nitrogens with zero attached hydrogens (tertiary/aromatic N) is 2. The van der Waals surface area contributed by atoms with Gasteiger partial charge in [-0.25, -0.2) is 13.1 Å². The molecule has 0 spiro atoms. The Morgan fingerprint density at radius 3 is 2.52 bits per heavy atom.